The quantitative estimate of drug-likeness (QED) is 0.459. The van der Waals surface area contributed by atoms with E-state index in [0.717, 1.165) is 5.56 Å². The topological polar surface area (TPSA) is 125 Å². The fourth-order valence-corrected chi connectivity index (χ4v) is 4.57. The molecule has 0 bridgehead atoms. The van der Waals surface area contributed by atoms with E-state index in [1.807, 2.05) is 78.8 Å². The van der Waals surface area contributed by atoms with Crippen LogP contribution in [0.3, 0.4) is 0 Å². The highest BCUT2D eigenvalue weighted by Crippen LogP contribution is 2.36. The molecule has 2 rings (SSSR count). The molecule has 2 atom stereocenters. The predicted molar refractivity (Wildman–Crippen MR) is 141 cm³/mol. The Morgan fingerprint density at radius 3 is 2.03 bits per heavy atom. The predicted octanol–water partition coefficient (Wildman–Crippen LogP) is 3.71. The summed E-state index contributed by atoms with van der Waals surface area (Å²) in [5.41, 5.74) is -0.761. The summed E-state index contributed by atoms with van der Waals surface area (Å²) in [6, 6.07) is 7.42. The van der Waals surface area contributed by atoms with Gasteiger partial charge < -0.3 is 25.4 Å². The molecule has 1 fully saturated rings. The number of carbonyl (C=O) groups is 4. The molecule has 1 saturated heterocycles. The average molecular weight is 518 g/mol. The zero-order chi connectivity index (χ0) is 28.0. The van der Waals surface area contributed by atoms with Crippen molar-refractivity contribution in [3.63, 3.8) is 0 Å². The summed E-state index contributed by atoms with van der Waals surface area (Å²) < 4.78 is 5.51. The molecule has 37 heavy (non-hydrogen) atoms. The third-order valence-corrected chi connectivity index (χ3v) is 6.59. The molecule has 0 radical (unpaired) electrons. The minimum Gasteiger partial charge on any atom is -0.480 e. The molecule has 0 aromatic heterocycles. The van der Waals surface area contributed by atoms with E-state index in [2.05, 4.69) is 10.6 Å². The van der Waals surface area contributed by atoms with Crippen LogP contribution in [0.4, 0.5) is 4.79 Å². The van der Waals surface area contributed by atoms with Crippen LogP contribution in [0.15, 0.2) is 30.3 Å². The first kappa shape index (κ1) is 30.1. The molecule has 1 aliphatic rings. The molecule has 9 nitrogen and oxygen atoms in total. The van der Waals surface area contributed by atoms with Gasteiger partial charge in [-0.15, -0.1) is 0 Å². The average Bonchev–Trinajstić information content (AvgIpc) is 2.80. The molecule has 0 aliphatic carbocycles. The van der Waals surface area contributed by atoms with Crippen LogP contribution in [-0.2, 0) is 24.5 Å². The molecule has 206 valence electrons. The van der Waals surface area contributed by atoms with Gasteiger partial charge in [0, 0.05) is 13.1 Å². The Morgan fingerprint density at radius 2 is 1.57 bits per heavy atom. The van der Waals surface area contributed by atoms with Gasteiger partial charge in [0.2, 0.25) is 11.8 Å². The van der Waals surface area contributed by atoms with Crippen LogP contribution in [-0.4, -0.2) is 64.7 Å². The van der Waals surface area contributed by atoms with Gasteiger partial charge in [0.1, 0.15) is 17.7 Å². The minimum absolute atomic E-state index is 0.0741. The Hall–Kier alpha value is -3.10. The lowest BCUT2D eigenvalue weighted by atomic mass is 9.71. The highest BCUT2D eigenvalue weighted by atomic mass is 16.6. The van der Waals surface area contributed by atoms with Crippen molar-refractivity contribution < 1.29 is 29.0 Å². The van der Waals surface area contributed by atoms with Crippen LogP contribution in [0, 0.1) is 11.8 Å². The second-order valence-electron chi connectivity index (χ2n) is 11.6. The number of benzene rings is 1. The van der Waals surface area contributed by atoms with E-state index in [1.165, 1.54) is 0 Å². The molecule has 9 heteroatoms. The smallest absolute Gasteiger partial charge is 0.410 e. The van der Waals surface area contributed by atoms with Crippen molar-refractivity contribution in [3.05, 3.63) is 35.9 Å². The van der Waals surface area contributed by atoms with E-state index in [1.54, 1.807) is 4.90 Å². The SMILES string of the molecule is CC(C)CC(NC(=O)C(NC(=O)C1(c2ccccc2)CCN(C(=O)OC(C)(C)C)CC1)C(C)C)C(=O)O. The van der Waals surface area contributed by atoms with Gasteiger partial charge in [-0.25, -0.2) is 9.59 Å². The van der Waals surface area contributed by atoms with E-state index in [-0.39, 0.29) is 24.2 Å². The van der Waals surface area contributed by atoms with Crippen molar-refractivity contribution in [2.24, 2.45) is 11.8 Å². The van der Waals surface area contributed by atoms with E-state index in [9.17, 15) is 24.3 Å². The number of ether oxygens (including phenoxy) is 1. The number of carbonyl (C=O) groups excluding carboxylic acids is 3. The first-order valence-electron chi connectivity index (χ1n) is 13.0. The third kappa shape index (κ3) is 8.20. The second-order valence-corrected chi connectivity index (χ2v) is 11.6. The maximum Gasteiger partial charge on any atom is 0.410 e. The van der Waals surface area contributed by atoms with Crippen LogP contribution in [0.25, 0.3) is 0 Å². The Morgan fingerprint density at radius 1 is 1.00 bits per heavy atom. The lowest BCUT2D eigenvalue weighted by Gasteiger charge is -2.42. The van der Waals surface area contributed by atoms with E-state index < -0.39 is 41.1 Å². The molecule has 1 aromatic rings. The van der Waals surface area contributed by atoms with Crippen molar-refractivity contribution in [1.29, 1.82) is 0 Å². The van der Waals surface area contributed by atoms with Gasteiger partial charge >= 0.3 is 12.1 Å². The van der Waals surface area contributed by atoms with Gasteiger partial charge in [0.15, 0.2) is 0 Å². The summed E-state index contributed by atoms with van der Waals surface area (Å²) in [6.45, 7) is 13.5. The molecule has 1 heterocycles. The van der Waals surface area contributed by atoms with Crippen molar-refractivity contribution in [3.8, 4) is 0 Å². The normalized spacial score (nSPS) is 17.2. The Labute approximate surface area is 220 Å². The fraction of sp³-hybridized carbons (Fsp3) is 0.643. The molecule has 0 saturated carbocycles. The number of nitrogens with one attached hydrogen (secondary N) is 2. The lowest BCUT2D eigenvalue weighted by Crippen LogP contribution is -2.59. The number of piperidine rings is 1. The number of likely N-dealkylation sites (tertiary alicyclic amines) is 1. The largest absolute Gasteiger partial charge is 0.480 e. The van der Waals surface area contributed by atoms with Gasteiger partial charge in [-0.1, -0.05) is 58.0 Å². The third-order valence-electron chi connectivity index (χ3n) is 6.59. The molecule has 0 spiro atoms. The zero-order valence-corrected chi connectivity index (χ0v) is 23.2. The summed E-state index contributed by atoms with van der Waals surface area (Å²) in [6.07, 6.45) is 0.590. The zero-order valence-electron chi connectivity index (χ0n) is 23.2. The van der Waals surface area contributed by atoms with E-state index in [4.69, 9.17) is 4.74 Å². The maximum absolute atomic E-state index is 13.9. The van der Waals surface area contributed by atoms with Gasteiger partial charge in [-0.2, -0.15) is 0 Å². The lowest BCUT2D eigenvalue weighted by molar-refractivity contribution is -0.143. The van der Waals surface area contributed by atoms with Crippen LogP contribution in [0.2, 0.25) is 0 Å². The number of carboxylic acid groups (broad SMARTS) is 1. The summed E-state index contributed by atoms with van der Waals surface area (Å²) in [4.78, 5) is 53.0. The van der Waals surface area contributed by atoms with Gasteiger partial charge in [0.25, 0.3) is 0 Å². The highest BCUT2D eigenvalue weighted by molar-refractivity contribution is 5.94. The molecule has 2 unspecified atom stereocenters. The van der Waals surface area contributed by atoms with Crippen molar-refractivity contribution >= 4 is 23.9 Å². The van der Waals surface area contributed by atoms with Gasteiger partial charge in [-0.05, 0) is 57.4 Å². The molecule has 1 aliphatic heterocycles. The van der Waals surface area contributed by atoms with Crippen molar-refractivity contribution in [1.82, 2.24) is 15.5 Å². The number of rotatable bonds is 9. The van der Waals surface area contributed by atoms with Gasteiger partial charge in [0.05, 0.1) is 5.41 Å². The Balaban J connectivity index is 2.27. The number of hydrogen-bond donors (Lipinski definition) is 3. The monoisotopic (exact) mass is 517 g/mol. The van der Waals surface area contributed by atoms with Crippen LogP contribution in [0.5, 0.6) is 0 Å². The summed E-state index contributed by atoms with van der Waals surface area (Å²) in [5.74, 6) is -2.14. The number of carboxylic acids is 1. The molecular weight excluding hydrogens is 474 g/mol. The second kappa shape index (κ2) is 12.4. The Bertz CT molecular complexity index is 946. The first-order chi connectivity index (χ1) is 17.2. The number of hydrogen-bond acceptors (Lipinski definition) is 5. The number of amides is 3. The number of aliphatic carboxylic acids is 1. The van der Waals surface area contributed by atoms with Gasteiger partial charge in [-0.3, -0.25) is 9.59 Å². The molecular formula is C28H43N3O6. The maximum atomic E-state index is 13.9. The first-order valence-corrected chi connectivity index (χ1v) is 13.0. The standard InChI is InChI=1S/C28H43N3O6/c1-18(2)17-21(24(33)34)29-23(32)22(19(3)4)30-25(35)28(20-11-9-8-10-12-20)13-15-31(16-14-28)26(36)37-27(5,6)7/h8-12,18-19,21-22H,13-17H2,1-7H3,(H,29,32)(H,30,35)(H,33,34). The summed E-state index contributed by atoms with van der Waals surface area (Å²) >= 11 is 0. The van der Waals surface area contributed by atoms with Crippen molar-refractivity contribution in [2.75, 3.05) is 13.1 Å². The Kier molecular flexibility index (Phi) is 10.1. The van der Waals surface area contributed by atoms with E-state index >= 15 is 0 Å². The van der Waals surface area contributed by atoms with Crippen LogP contribution >= 0.6 is 0 Å². The van der Waals surface area contributed by atoms with Crippen LogP contribution in [0.1, 0.15) is 73.3 Å². The minimum atomic E-state index is -1.11. The fourth-order valence-electron chi connectivity index (χ4n) is 4.57. The molecule has 1 aromatic carbocycles. The summed E-state index contributed by atoms with van der Waals surface area (Å²) in [7, 11) is 0. The van der Waals surface area contributed by atoms with Crippen LogP contribution < -0.4 is 10.6 Å². The van der Waals surface area contributed by atoms with E-state index in [0.29, 0.717) is 25.9 Å². The summed E-state index contributed by atoms with van der Waals surface area (Å²) in [5, 5.41) is 15.1. The molecule has 3 N–H and O–H groups in total. The number of nitrogens with zero attached hydrogens (tertiary/aromatic N) is 1. The highest BCUT2D eigenvalue weighted by Gasteiger charge is 2.45. The van der Waals surface area contributed by atoms with Crippen molar-refractivity contribution in [2.45, 2.75) is 90.8 Å². The molecule has 3 amide bonds.